The molecule has 1 unspecified atom stereocenters. The van der Waals surface area contributed by atoms with Crippen molar-refractivity contribution in [1.82, 2.24) is 5.32 Å². The molecule has 0 radical (unpaired) electrons. The first-order chi connectivity index (χ1) is 14.9. The van der Waals surface area contributed by atoms with E-state index in [1.807, 2.05) is 18.2 Å². The van der Waals surface area contributed by atoms with Crippen molar-refractivity contribution < 1.29 is 13.9 Å². The number of anilines is 4. The average molecular weight is 422 g/mol. The zero-order chi connectivity index (χ0) is 21.8. The van der Waals surface area contributed by atoms with Crippen LogP contribution in [0.3, 0.4) is 0 Å². The van der Waals surface area contributed by atoms with Gasteiger partial charge in [-0.2, -0.15) is 0 Å². The maximum atomic E-state index is 14.5. The van der Waals surface area contributed by atoms with Crippen LogP contribution in [-0.4, -0.2) is 31.1 Å². The molecule has 2 aliphatic heterocycles. The summed E-state index contributed by atoms with van der Waals surface area (Å²) in [6.07, 6.45) is 2.34. The summed E-state index contributed by atoms with van der Waals surface area (Å²) >= 11 is 0. The minimum absolute atomic E-state index is 0.150. The molecule has 4 rings (SSSR count). The van der Waals surface area contributed by atoms with Gasteiger partial charge >= 0.3 is 0 Å². The van der Waals surface area contributed by atoms with Gasteiger partial charge in [-0.25, -0.2) is 9.38 Å². The molecule has 5 N–H and O–H groups in total. The van der Waals surface area contributed by atoms with Gasteiger partial charge in [0.05, 0.1) is 11.9 Å². The lowest BCUT2D eigenvalue weighted by molar-refractivity contribution is -0.111. The van der Waals surface area contributed by atoms with Crippen LogP contribution in [0.1, 0.15) is 6.92 Å². The lowest BCUT2D eigenvalue weighted by atomic mass is 10.2. The second-order valence-electron chi connectivity index (χ2n) is 7.19. The van der Waals surface area contributed by atoms with Gasteiger partial charge in [0.2, 0.25) is 11.7 Å². The van der Waals surface area contributed by atoms with Crippen molar-refractivity contribution in [1.29, 1.82) is 0 Å². The Morgan fingerprint density at radius 1 is 1.26 bits per heavy atom. The fourth-order valence-corrected chi connectivity index (χ4v) is 3.25. The number of carbonyl (C=O) groups excluding carboxylic acids is 1. The topological polar surface area (TPSA) is 98.8 Å². The Labute approximate surface area is 179 Å². The maximum absolute atomic E-state index is 14.5. The molecule has 0 bridgehead atoms. The van der Waals surface area contributed by atoms with E-state index in [-0.39, 0.29) is 11.7 Å². The quantitative estimate of drug-likeness (QED) is 0.456. The van der Waals surface area contributed by atoms with Crippen molar-refractivity contribution >= 4 is 34.9 Å². The van der Waals surface area contributed by atoms with Gasteiger partial charge in [0, 0.05) is 23.6 Å². The van der Waals surface area contributed by atoms with Crippen LogP contribution in [0.5, 0.6) is 5.75 Å². The predicted octanol–water partition coefficient (Wildman–Crippen LogP) is 3.63. The highest BCUT2D eigenvalue weighted by atomic mass is 19.1. The molecule has 0 aliphatic carbocycles. The van der Waals surface area contributed by atoms with Crippen molar-refractivity contribution in [3.05, 3.63) is 66.8 Å². The molecule has 2 aliphatic rings. The van der Waals surface area contributed by atoms with E-state index < -0.39 is 11.6 Å². The number of halogens is 1. The third-order valence-electron chi connectivity index (χ3n) is 4.67. The van der Waals surface area contributed by atoms with Gasteiger partial charge in [0.15, 0.2) is 5.83 Å². The van der Waals surface area contributed by atoms with Gasteiger partial charge in [-0.3, -0.25) is 4.79 Å². The smallest absolute Gasteiger partial charge is 0.247 e. The Morgan fingerprint density at radius 3 is 2.94 bits per heavy atom. The fraction of sp³-hybridized carbons (Fsp3) is 0.182. The highest BCUT2D eigenvalue weighted by molar-refractivity contribution is 5.99. The second-order valence-corrected chi connectivity index (χ2v) is 7.19. The van der Waals surface area contributed by atoms with E-state index >= 15 is 0 Å². The number of rotatable bonds is 6. The van der Waals surface area contributed by atoms with Gasteiger partial charge in [0.1, 0.15) is 18.2 Å². The number of hydrogen-bond donors (Lipinski definition) is 5. The maximum Gasteiger partial charge on any atom is 0.247 e. The first-order valence-corrected chi connectivity index (χ1v) is 9.77. The van der Waals surface area contributed by atoms with Gasteiger partial charge < -0.3 is 31.3 Å². The number of aliphatic imine (C=N–C) groups is 1. The summed E-state index contributed by atoms with van der Waals surface area (Å²) in [5, 5.41) is 15.3. The SMILES string of the molecule is C=CC(=O)Nc1cccc(NC2=C(F)C=NC(C)(Nc3ccc4c(c3)NCCO4)N2)c1. The zero-order valence-corrected chi connectivity index (χ0v) is 17.0. The molecule has 160 valence electrons. The van der Waals surface area contributed by atoms with E-state index in [4.69, 9.17) is 4.74 Å². The second kappa shape index (κ2) is 8.39. The van der Waals surface area contributed by atoms with Gasteiger partial charge in [-0.15, -0.1) is 0 Å². The molecule has 1 amide bonds. The Kier molecular flexibility index (Phi) is 5.48. The van der Waals surface area contributed by atoms with Crippen LogP contribution < -0.4 is 31.3 Å². The van der Waals surface area contributed by atoms with Crippen molar-refractivity contribution in [2.75, 3.05) is 34.4 Å². The summed E-state index contributed by atoms with van der Waals surface area (Å²) in [5.74, 6) is -0.918. The summed E-state index contributed by atoms with van der Waals surface area (Å²) < 4.78 is 20.1. The van der Waals surface area contributed by atoms with E-state index in [2.05, 4.69) is 38.2 Å². The van der Waals surface area contributed by atoms with Crippen LogP contribution in [0.15, 0.2) is 71.8 Å². The standard InChI is InChI=1S/C22H23FN6O2/c1-3-20(30)26-14-5-4-6-15(11-14)27-21-17(23)13-25-22(2,29-21)28-16-7-8-19-18(12-16)24-9-10-31-19/h3-8,11-13,24,27-29H,1,9-10H2,2H3,(H,26,30). The summed E-state index contributed by atoms with van der Waals surface area (Å²) in [6.45, 7) is 6.58. The number of ether oxygens (including phenoxy) is 1. The largest absolute Gasteiger partial charge is 0.490 e. The molecule has 0 spiro atoms. The molecule has 31 heavy (non-hydrogen) atoms. The normalized spacial score (nSPS) is 19.3. The highest BCUT2D eigenvalue weighted by Crippen LogP contribution is 2.31. The minimum Gasteiger partial charge on any atom is -0.490 e. The molecular weight excluding hydrogens is 399 g/mol. The lowest BCUT2D eigenvalue weighted by Crippen LogP contribution is -2.50. The van der Waals surface area contributed by atoms with Crippen molar-refractivity contribution in [3.63, 3.8) is 0 Å². The van der Waals surface area contributed by atoms with Gasteiger partial charge in [-0.1, -0.05) is 12.6 Å². The molecule has 0 saturated carbocycles. The van der Waals surface area contributed by atoms with Crippen molar-refractivity contribution in [2.45, 2.75) is 12.7 Å². The summed E-state index contributed by atoms with van der Waals surface area (Å²) in [6, 6.07) is 12.6. The van der Waals surface area contributed by atoms with Crippen LogP contribution in [0.4, 0.5) is 27.1 Å². The lowest BCUT2D eigenvalue weighted by Gasteiger charge is -2.34. The predicted molar refractivity (Wildman–Crippen MR) is 121 cm³/mol. The first kappa shape index (κ1) is 20.3. The van der Waals surface area contributed by atoms with Crippen LogP contribution in [0, 0.1) is 0 Å². The molecule has 8 nitrogen and oxygen atoms in total. The van der Waals surface area contributed by atoms with E-state index in [0.717, 1.165) is 29.9 Å². The third kappa shape index (κ3) is 4.77. The van der Waals surface area contributed by atoms with Crippen molar-refractivity contribution in [2.24, 2.45) is 4.99 Å². The van der Waals surface area contributed by atoms with Crippen LogP contribution in [0.2, 0.25) is 0 Å². The van der Waals surface area contributed by atoms with E-state index in [1.165, 1.54) is 6.08 Å². The zero-order valence-electron chi connectivity index (χ0n) is 17.0. The number of nitrogens with zero attached hydrogens (tertiary/aromatic N) is 1. The van der Waals surface area contributed by atoms with E-state index in [9.17, 15) is 9.18 Å². The molecule has 0 saturated heterocycles. The number of nitrogens with one attached hydrogen (secondary N) is 5. The molecule has 0 fully saturated rings. The Bertz CT molecular complexity index is 1080. The van der Waals surface area contributed by atoms with E-state index in [1.54, 1.807) is 31.2 Å². The summed E-state index contributed by atoms with van der Waals surface area (Å²) in [7, 11) is 0. The summed E-state index contributed by atoms with van der Waals surface area (Å²) in [4.78, 5) is 15.8. The molecule has 0 aromatic heterocycles. The minimum atomic E-state index is -0.990. The van der Waals surface area contributed by atoms with Crippen molar-refractivity contribution in [3.8, 4) is 5.75 Å². The van der Waals surface area contributed by atoms with Gasteiger partial charge in [0.25, 0.3) is 0 Å². The molecule has 1 atom stereocenters. The average Bonchev–Trinajstić information content (AvgIpc) is 2.76. The fourth-order valence-electron chi connectivity index (χ4n) is 3.25. The molecular formula is C22H23FN6O2. The molecule has 9 heteroatoms. The number of amides is 1. The summed E-state index contributed by atoms with van der Waals surface area (Å²) in [5.41, 5.74) is 2.83. The number of hydrogen-bond acceptors (Lipinski definition) is 7. The van der Waals surface area contributed by atoms with Crippen LogP contribution >= 0.6 is 0 Å². The van der Waals surface area contributed by atoms with Crippen LogP contribution in [-0.2, 0) is 4.79 Å². The first-order valence-electron chi connectivity index (χ1n) is 9.77. The van der Waals surface area contributed by atoms with E-state index in [0.29, 0.717) is 18.0 Å². The number of fused-ring (bicyclic) bond motifs is 1. The van der Waals surface area contributed by atoms with Crippen LogP contribution in [0.25, 0.3) is 0 Å². The Balaban J connectivity index is 1.48. The molecule has 2 aromatic rings. The number of benzene rings is 2. The number of allylic oxidation sites excluding steroid dienone is 1. The Morgan fingerprint density at radius 2 is 2.10 bits per heavy atom. The molecule has 2 heterocycles. The highest BCUT2D eigenvalue weighted by Gasteiger charge is 2.28. The monoisotopic (exact) mass is 422 g/mol. The molecule has 2 aromatic carbocycles. The third-order valence-corrected chi connectivity index (χ3v) is 4.67. The van der Waals surface area contributed by atoms with Gasteiger partial charge in [-0.05, 0) is 49.4 Å². The Hall–Kier alpha value is -4.01. The number of carbonyl (C=O) groups is 1.